The lowest BCUT2D eigenvalue weighted by Gasteiger charge is -2.35. The van der Waals surface area contributed by atoms with Crippen molar-refractivity contribution in [2.45, 2.75) is 29.7 Å². The van der Waals surface area contributed by atoms with Gasteiger partial charge in [0.2, 0.25) is 12.1 Å². The van der Waals surface area contributed by atoms with Crippen LogP contribution in [0.2, 0.25) is 0 Å². The molecule has 0 N–H and O–H groups in total. The molecule has 1 aliphatic rings. The van der Waals surface area contributed by atoms with Gasteiger partial charge in [-0.2, -0.15) is 26.3 Å². The number of benzene rings is 2. The molecule has 0 radical (unpaired) electrons. The van der Waals surface area contributed by atoms with Crippen molar-refractivity contribution in [2.75, 3.05) is 6.54 Å². The molecule has 13 heteroatoms. The molecule has 0 saturated carbocycles. The molecular formula is C19H12BrF6NO5. The van der Waals surface area contributed by atoms with Crippen LogP contribution in [0.1, 0.15) is 17.0 Å². The summed E-state index contributed by atoms with van der Waals surface area (Å²) in [6, 6.07) is 11.1. The minimum absolute atomic E-state index is 0.106. The molecule has 1 fully saturated rings. The standard InChI is InChI=1S/C19H12BrF6NO5/c20-13-8-6-11(7-9-13)14(10-27(29)30)16(12-4-2-1-3-5-12)15(28)31-17(32-16,18(21,22)23)19(24,25)26/h1-9,14H,10H2/t14-,16-/m0/s1. The largest absolute Gasteiger partial charge is 0.465 e. The number of ether oxygens (including phenoxy) is 2. The molecule has 1 heterocycles. The van der Waals surface area contributed by atoms with Gasteiger partial charge in [0.15, 0.2) is 0 Å². The zero-order valence-corrected chi connectivity index (χ0v) is 17.2. The van der Waals surface area contributed by atoms with Crippen LogP contribution in [-0.2, 0) is 19.9 Å². The third-order valence-electron chi connectivity index (χ3n) is 4.89. The van der Waals surface area contributed by atoms with Crippen LogP contribution in [0.15, 0.2) is 59.1 Å². The van der Waals surface area contributed by atoms with Crippen LogP contribution in [0.5, 0.6) is 0 Å². The van der Waals surface area contributed by atoms with Crippen molar-refractivity contribution in [2.24, 2.45) is 0 Å². The number of hydrogen-bond acceptors (Lipinski definition) is 5. The van der Waals surface area contributed by atoms with Crippen molar-refractivity contribution in [3.8, 4) is 0 Å². The van der Waals surface area contributed by atoms with Crippen LogP contribution in [-0.4, -0.2) is 35.6 Å². The molecule has 1 saturated heterocycles. The molecule has 2 aromatic carbocycles. The summed E-state index contributed by atoms with van der Waals surface area (Å²) in [6.45, 7) is -1.22. The van der Waals surface area contributed by atoms with Gasteiger partial charge in [-0.25, -0.2) is 4.79 Å². The van der Waals surface area contributed by atoms with Crippen LogP contribution in [0, 0.1) is 10.1 Å². The molecule has 0 spiro atoms. The number of carbonyl (C=O) groups excluding carboxylic acids is 1. The molecule has 6 nitrogen and oxygen atoms in total. The first kappa shape index (κ1) is 24.0. The SMILES string of the molecule is O=C1OC(C(F)(F)F)(C(F)(F)F)O[C@@]1(c1ccccc1)[C@@H](C[N+](=O)[O-])c1ccc(Br)cc1. The highest BCUT2D eigenvalue weighted by molar-refractivity contribution is 9.10. The van der Waals surface area contributed by atoms with Crippen LogP contribution in [0.3, 0.4) is 0 Å². The molecule has 1 aliphatic heterocycles. The maximum absolute atomic E-state index is 13.7. The number of esters is 1. The lowest BCUT2D eigenvalue weighted by Crippen LogP contribution is -2.59. The number of hydrogen-bond donors (Lipinski definition) is 0. The zero-order valence-electron chi connectivity index (χ0n) is 15.6. The van der Waals surface area contributed by atoms with Crippen molar-refractivity contribution in [1.29, 1.82) is 0 Å². The minimum Gasteiger partial charge on any atom is -0.413 e. The first-order valence-corrected chi connectivity index (χ1v) is 9.54. The van der Waals surface area contributed by atoms with E-state index >= 15 is 0 Å². The smallest absolute Gasteiger partial charge is 0.413 e. The van der Waals surface area contributed by atoms with Crippen molar-refractivity contribution in [3.63, 3.8) is 0 Å². The summed E-state index contributed by atoms with van der Waals surface area (Å²) in [5, 5.41) is 11.4. The van der Waals surface area contributed by atoms with Gasteiger partial charge in [-0.15, -0.1) is 0 Å². The summed E-state index contributed by atoms with van der Waals surface area (Å²) >= 11 is 3.12. The van der Waals surface area contributed by atoms with E-state index in [4.69, 9.17) is 0 Å². The fourth-order valence-electron chi connectivity index (χ4n) is 3.48. The van der Waals surface area contributed by atoms with Crippen LogP contribution in [0.25, 0.3) is 0 Å². The summed E-state index contributed by atoms with van der Waals surface area (Å²) in [7, 11) is 0. The van der Waals surface area contributed by atoms with Gasteiger partial charge in [0.05, 0.1) is 5.92 Å². The summed E-state index contributed by atoms with van der Waals surface area (Å²) in [6.07, 6.45) is -12.5. The molecule has 3 rings (SSSR count). The summed E-state index contributed by atoms with van der Waals surface area (Å²) in [5.41, 5.74) is -3.69. The predicted molar refractivity (Wildman–Crippen MR) is 98.9 cm³/mol. The normalized spacial score (nSPS) is 21.8. The van der Waals surface area contributed by atoms with E-state index in [0.717, 1.165) is 12.1 Å². The molecule has 2 aromatic rings. The van der Waals surface area contributed by atoms with Gasteiger partial charge in [0.1, 0.15) is 0 Å². The number of alkyl halides is 6. The molecule has 0 aliphatic carbocycles. The Morgan fingerprint density at radius 2 is 1.50 bits per heavy atom. The summed E-state index contributed by atoms with van der Waals surface area (Å²) < 4.78 is 90.9. The monoisotopic (exact) mass is 527 g/mol. The molecule has 0 amide bonds. The molecule has 0 aromatic heterocycles. The average molecular weight is 528 g/mol. The first-order chi connectivity index (χ1) is 14.7. The molecular weight excluding hydrogens is 516 g/mol. The average Bonchev–Trinajstić information content (AvgIpc) is 3.03. The van der Waals surface area contributed by atoms with Crippen molar-refractivity contribution < 1.29 is 45.5 Å². The molecule has 0 unspecified atom stereocenters. The summed E-state index contributed by atoms with van der Waals surface area (Å²) in [4.78, 5) is 23.3. The highest BCUT2D eigenvalue weighted by atomic mass is 79.9. The van der Waals surface area contributed by atoms with E-state index in [1.54, 1.807) is 0 Å². The fraction of sp³-hybridized carbons (Fsp3) is 0.316. The Morgan fingerprint density at radius 3 is 1.94 bits per heavy atom. The fourth-order valence-corrected chi connectivity index (χ4v) is 3.74. The number of rotatable bonds is 5. The van der Waals surface area contributed by atoms with E-state index in [1.807, 2.05) is 0 Å². The Labute approximate surface area is 184 Å². The Morgan fingerprint density at radius 1 is 0.969 bits per heavy atom. The van der Waals surface area contributed by atoms with E-state index in [1.165, 1.54) is 42.5 Å². The lowest BCUT2D eigenvalue weighted by atomic mass is 9.77. The number of cyclic esters (lactones) is 1. The van der Waals surface area contributed by atoms with Gasteiger partial charge in [0.25, 0.3) is 0 Å². The second kappa shape index (κ2) is 8.03. The van der Waals surface area contributed by atoms with E-state index in [2.05, 4.69) is 25.4 Å². The van der Waals surface area contributed by atoms with Gasteiger partial charge in [-0.3, -0.25) is 10.1 Å². The van der Waals surface area contributed by atoms with Crippen LogP contribution in [0.4, 0.5) is 26.3 Å². The van der Waals surface area contributed by atoms with E-state index < -0.39 is 52.7 Å². The summed E-state index contributed by atoms with van der Waals surface area (Å²) in [5.74, 6) is -9.25. The van der Waals surface area contributed by atoms with Crippen molar-refractivity contribution >= 4 is 21.9 Å². The Hall–Kier alpha value is -2.67. The lowest BCUT2D eigenvalue weighted by molar-refractivity contribution is -0.491. The maximum Gasteiger partial charge on any atom is 0.465 e. The first-order valence-electron chi connectivity index (χ1n) is 8.74. The second-order valence-corrected chi connectivity index (χ2v) is 7.74. The van der Waals surface area contributed by atoms with E-state index in [9.17, 15) is 41.3 Å². The van der Waals surface area contributed by atoms with Crippen LogP contribution >= 0.6 is 15.9 Å². The van der Waals surface area contributed by atoms with Crippen molar-refractivity contribution in [3.05, 3.63) is 80.3 Å². The third-order valence-corrected chi connectivity index (χ3v) is 5.42. The van der Waals surface area contributed by atoms with Crippen LogP contribution < -0.4 is 0 Å². The number of halogens is 7. The topological polar surface area (TPSA) is 78.7 Å². The minimum atomic E-state index is -6.23. The Kier molecular flexibility index (Phi) is 6.02. The van der Waals surface area contributed by atoms with Crippen molar-refractivity contribution in [1.82, 2.24) is 0 Å². The number of carbonyl (C=O) groups is 1. The molecule has 0 bridgehead atoms. The van der Waals surface area contributed by atoms with Gasteiger partial charge < -0.3 is 9.47 Å². The predicted octanol–water partition coefficient (Wildman–Crippen LogP) is 5.10. The molecule has 172 valence electrons. The Bertz CT molecular complexity index is 998. The van der Waals surface area contributed by atoms with Gasteiger partial charge in [-0.1, -0.05) is 58.4 Å². The van der Waals surface area contributed by atoms with Gasteiger partial charge >= 0.3 is 24.1 Å². The highest BCUT2D eigenvalue weighted by Gasteiger charge is 2.84. The third kappa shape index (κ3) is 3.83. The van der Waals surface area contributed by atoms with Gasteiger partial charge in [0, 0.05) is 9.40 Å². The molecule has 32 heavy (non-hydrogen) atoms. The molecule has 2 atom stereocenters. The number of nitrogens with zero attached hydrogens (tertiary/aromatic N) is 1. The Balaban J connectivity index is 2.34. The maximum atomic E-state index is 13.7. The zero-order chi connectivity index (χ0) is 23.9. The van der Waals surface area contributed by atoms with E-state index in [-0.39, 0.29) is 5.56 Å². The van der Waals surface area contributed by atoms with Gasteiger partial charge in [-0.05, 0) is 23.3 Å². The quantitative estimate of drug-likeness (QED) is 0.234. The number of nitro groups is 1. The van der Waals surface area contributed by atoms with E-state index in [0.29, 0.717) is 4.47 Å². The second-order valence-electron chi connectivity index (χ2n) is 6.82. The highest BCUT2D eigenvalue weighted by Crippen LogP contribution is 2.58.